The minimum atomic E-state index is 0.577. The fourth-order valence-electron chi connectivity index (χ4n) is 1.22. The number of hydrogen-bond acceptors (Lipinski definition) is 3. The van der Waals surface area contributed by atoms with Gasteiger partial charge in [0.2, 0.25) is 0 Å². The van der Waals surface area contributed by atoms with Gasteiger partial charge in [-0.05, 0) is 17.6 Å². The van der Waals surface area contributed by atoms with Gasteiger partial charge < -0.3 is 0 Å². The summed E-state index contributed by atoms with van der Waals surface area (Å²) in [6.07, 6.45) is 2.66. The molecule has 0 aromatic heterocycles. The van der Waals surface area contributed by atoms with E-state index in [4.69, 9.17) is 0 Å². The summed E-state index contributed by atoms with van der Waals surface area (Å²) in [5, 5.41) is 0. The quantitative estimate of drug-likeness (QED) is 0.541. The van der Waals surface area contributed by atoms with E-state index in [1.807, 2.05) is 21.6 Å². The summed E-state index contributed by atoms with van der Waals surface area (Å²) >= 11 is 4.41. The van der Waals surface area contributed by atoms with E-state index in [2.05, 4.69) is 19.6 Å². The summed E-state index contributed by atoms with van der Waals surface area (Å²) in [6.45, 7) is 2.26. The molecule has 10 heavy (non-hydrogen) atoms. The van der Waals surface area contributed by atoms with Gasteiger partial charge in [-0.2, -0.15) is 12.6 Å². The lowest BCUT2D eigenvalue weighted by molar-refractivity contribution is 0.407. The highest BCUT2D eigenvalue weighted by Gasteiger charge is 2.32. The third-order valence-corrected chi connectivity index (χ3v) is 5.43. The monoisotopic (exact) mass is 194 g/mol. The van der Waals surface area contributed by atoms with E-state index in [0.29, 0.717) is 5.41 Å². The molecule has 0 spiro atoms. The van der Waals surface area contributed by atoms with Gasteiger partial charge >= 0.3 is 0 Å². The van der Waals surface area contributed by atoms with Crippen molar-refractivity contribution in [2.75, 3.05) is 17.3 Å². The Hall–Kier alpha value is 1.05. The molecule has 1 fully saturated rings. The molecule has 1 aliphatic heterocycles. The van der Waals surface area contributed by atoms with Crippen LogP contribution in [-0.4, -0.2) is 17.3 Å². The minimum absolute atomic E-state index is 0.577. The van der Waals surface area contributed by atoms with Crippen LogP contribution in [0.4, 0.5) is 0 Å². The Morgan fingerprint density at radius 2 is 2.00 bits per heavy atom. The highest BCUT2D eigenvalue weighted by Crippen LogP contribution is 2.46. The zero-order valence-corrected chi connectivity index (χ0v) is 8.83. The van der Waals surface area contributed by atoms with Gasteiger partial charge in [0.1, 0.15) is 0 Å². The van der Waals surface area contributed by atoms with E-state index in [1.54, 1.807) is 0 Å². The van der Waals surface area contributed by atoms with Gasteiger partial charge in [0.25, 0.3) is 0 Å². The van der Waals surface area contributed by atoms with Crippen molar-refractivity contribution in [1.82, 2.24) is 0 Å². The summed E-state index contributed by atoms with van der Waals surface area (Å²) < 4.78 is 0. The van der Waals surface area contributed by atoms with Crippen molar-refractivity contribution in [3.63, 3.8) is 0 Å². The number of rotatable bonds is 3. The van der Waals surface area contributed by atoms with Crippen LogP contribution in [-0.2, 0) is 0 Å². The average molecular weight is 194 g/mol. The van der Waals surface area contributed by atoms with Crippen LogP contribution in [0.25, 0.3) is 0 Å². The van der Waals surface area contributed by atoms with Crippen LogP contribution in [0.1, 0.15) is 19.8 Å². The molecule has 1 heterocycles. The van der Waals surface area contributed by atoms with Crippen molar-refractivity contribution in [2.24, 2.45) is 5.41 Å². The largest absolute Gasteiger partial charge is 0.179 e. The first-order chi connectivity index (χ1) is 4.83. The molecule has 1 aliphatic rings. The van der Waals surface area contributed by atoms with Crippen LogP contribution in [0.3, 0.4) is 0 Å². The molecule has 60 valence electrons. The normalized spacial score (nSPS) is 23.4. The second-order valence-corrected chi connectivity index (χ2v) is 5.71. The fraction of sp³-hybridized carbons (Fsp3) is 1.00. The molecule has 0 saturated carbocycles. The summed E-state index contributed by atoms with van der Waals surface area (Å²) in [7, 11) is 4.03. The fourth-order valence-corrected chi connectivity index (χ4v) is 5.40. The summed E-state index contributed by atoms with van der Waals surface area (Å²) in [6, 6.07) is 0. The van der Waals surface area contributed by atoms with Crippen molar-refractivity contribution in [3.05, 3.63) is 0 Å². The Kier molecular flexibility index (Phi) is 3.81. The van der Waals surface area contributed by atoms with Gasteiger partial charge in [-0.1, -0.05) is 34.9 Å². The minimum Gasteiger partial charge on any atom is -0.179 e. The first-order valence-corrected chi connectivity index (χ1v) is 6.80. The molecule has 0 atom stereocenters. The highest BCUT2D eigenvalue weighted by molar-refractivity contribution is 8.77. The zero-order chi connectivity index (χ0) is 7.45. The number of hydrogen-bond donors (Lipinski definition) is 1. The summed E-state index contributed by atoms with van der Waals surface area (Å²) in [5.41, 5.74) is 0.577. The van der Waals surface area contributed by atoms with Crippen LogP contribution >= 0.6 is 34.2 Å². The smallest absolute Gasteiger partial charge is 0.0110 e. The SMILES string of the molecule is CCCC1(CS)CSSC1. The molecule has 0 aliphatic carbocycles. The van der Waals surface area contributed by atoms with Gasteiger partial charge in [0.05, 0.1) is 0 Å². The maximum absolute atomic E-state index is 4.41. The van der Waals surface area contributed by atoms with Crippen molar-refractivity contribution >= 4 is 34.2 Å². The van der Waals surface area contributed by atoms with Crippen molar-refractivity contribution in [2.45, 2.75) is 19.8 Å². The standard InChI is InChI=1S/C7H14S3/c1-2-3-7(4-8)5-9-10-6-7/h8H,2-6H2,1H3. The third kappa shape index (κ3) is 2.02. The molecular formula is C7H14S3. The Morgan fingerprint density at radius 3 is 2.40 bits per heavy atom. The molecule has 0 unspecified atom stereocenters. The second-order valence-electron chi connectivity index (χ2n) is 2.93. The van der Waals surface area contributed by atoms with Gasteiger partial charge in [0, 0.05) is 11.5 Å². The van der Waals surface area contributed by atoms with Gasteiger partial charge in [-0.15, -0.1) is 0 Å². The van der Waals surface area contributed by atoms with E-state index < -0.39 is 0 Å². The Bertz CT molecular complexity index is 97.0. The highest BCUT2D eigenvalue weighted by atomic mass is 33.1. The van der Waals surface area contributed by atoms with Crippen LogP contribution in [0.5, 0.6) is 0 Å². The summed E-state index contributed by atoms with van der Waals surface area (Å²) in [4.78, 5) is 0. The lowest BCUT2D eigenvalue weighted by atomic mass is 9.90. The van der Waals surface area contributed by atoms with E-state index in [1.165, 1.54) is 24.3 Å². The van der Waals surface area contributed by atoms with Gasteiger partial charge in [-0.3, -0.25) is 0 Å². The topological polar surface area (TPSA) is 0 Å². The molecule has 3 heteroatoms. The van der Waals surface area contributed by atoms with E-state index in [9.17, 15) is 0 Å². The first kappa shape index (κ1) is 9.14. The van der Waals surface area contributed by atoms with E-state index >= 15 is 0 Å². The van der Waals surface area contributed by atoms with Gasteiger partial charge in [-0.25, -0.2) is 0 Å². The van der Waals surface area contributed by atoms with Crippen LogP contribution in [0.15, 0.2) is 0 Å². The Morgan fingerprint density at radius 1 is 1.40 bits per heavy atom. The van der Waals surface area contributed by atoms with Crippen molar-refractivity contribution in [3.8, 4) is 0 Å². The molecular weight excluding hydrogens is 180 g/mol. The van der Waals surface area contributed by atoms with E-state index in [0.717, 1.165) is 5.75 Å². The first-order valence-electron chi connectivity index (χ1n) is 3.68. The molecule has 0 bridgehead atoms. The van der Waals surface area contributed by atoms with E-state index in [-0.39, 0.29) is 0 Å². The molecule has 0 radical (unpaired) electrons. The average Bonchev–Trinajstić information content (AvgIpc) is 2.39. The molecule has 0 aromatic rings. The lowest BCUT2D eigenvalue weighted by Crippen LogP contribution is -2.24. The van der Waals surface area contributed by atoms with Gasteiger partial charge in [0.15, 0.2) is 0 Å². The third-order valence-electron chi connectivity index (χ3n) is 1.93. The van der Waals surface area contributed by atoms with Crippen LogP contribution in [0.2, 0.25) is 0 Å². The van der Waals surface area contributed by atoms with Crippen LogP contribution < -0.4 is 0 Å². The maximum Gasteiger partial charge on any atom is 0.0110 e. The molecule has 0 N–H and O–H groups in total. The maximum atomic E-state index is 4.41. The Balaban J connectivity index is 2.41. The number of thiol groups is 1. The lowest BCUT2D eigenvalue weighted by Gasteiger charge is -2.23. The Labute approximate surface area is 76.7 Å². The predicted molar refractivity (Wildman–Crippen MR) is 56.1 cm³/mol. The predicted octanol–water partition coefficient (Wildman–Crippen LogP) is 3.10. The zero-order valence-electron chi connectivity index (χ0n) is 6.30. The van der Waals surface area contributed by atoms with Crippen molar-refractivity contribution in [1.29, 1.82) is 0 Å². The molecule has 1 rings (SSSR count). The van der Waals surface area contributed by atoms with Crippen LogP contribution in [0, 0.1) is 5.41 Å². The summed E-state index contributed by atoms with van der Waals surface area (Å²) in [5.74, 6) is 3.70. The molecule has 0 nitrogen and oxygen atoms in total. The second kappa shape index (κ2) is 4.17. The van der Waals surface area contributed by atoms with Crippen molar-refractivity contribution < 1.29 is 0 Å². The molecule has 0 aromatic carbocycles. The molecule has 1 saturated heterocycles. The molecule has 0 amide bonds.